The summed E-state index contributed by atoms with van der Waals surface area (Å²) in [6.45, 7) is 1.33. The van der Waals surface area contributed by atoms with E-state index >= 15 is 0 Å². The molecule has 0 radical (unpaired) electrons. The molecule has 2 aromatic rings. The zero-order valence-electron chi connectivity index (χ0n) is 26.1. The second-order valence-electron chi connectivity index (χ2n) is 13.4. The fourth-order valence-electron chi connectivity index (χ4n) is 5.51. The number of fused-ring (bicyclic) bond motifs is 1. The van der Waals surface area contributed by atoms with Gasteiger partial charge in [-0.25, -0.2) is 0 Å². The number of nitrogens with zero attached hydrogens (tertiary/aromatic N) is 2. The number of hydrogen-bond donors (Lipinski definition) is 0. The van der Waals surface area contributed by atoms with E-state index in [0.717, 1.165) is 83.2 Å². The molecular weight excluding hydrogens is 906 g/mol. The van der Waals surface area contributed by atoms with E-state index in [-0.39, 0.29) is 11.8 Å². The van der Waals surface area contributed by atoms with Gasteiger partial charge in [0.05, 0.1) is 0 Å². The molecule has 0 fully saturated rings. The standard InChI is InChI=1S/C26H28Br2N2O2S2.6CH3.2Sn/c27-13-5-1-3-7-15-29-23(19-11-9-17-33-19)21-22(25(29)31)24(20-12-10-18-34-20)30(26(21)32)16-8-4-2-6-14-28;;;;;;;;/h9-12H,1-8,13-16H2;6*1H3;;. The maximum absolute atomic E-state index is 14.5. The summed E-state index contributed by atoms with van der Waals surface area (Å²) in [5.41, 5.74) is 3.06. The van der Waals surface area contributed by atoms with Crippen molar-refractivity contribution < 1.29 is 9.59 Å². The Morgan fingerprint density at radius 1 is 0.571 bits per heavy atom. The molecule has 42 heavy (non-hydrogen) atoms. The van der Waals surface area contributed by atoms with Crippen molar-refractivity contribution in [3.8, 4) is 0 Å². The Morgan fingerprint density at radius 2 is 0.929 bits per heavy atom. The van der Waals surface area contributed by atoms with Crippen molar-refractivity contribution in [3.63, 3.8) is 0 Å². The van der Waals surface area contributed by atoms with E-state index < -0.39 is 36.8 Å². The number of carbonyl (C=O) groups is 2. The van der Waals surface area contributed by atoms with E-state index in [2.05, 4.69) is 85.8 Å². The van der Waals surface area contributed by atoms with Gasteiger partial charge in [-0.2, -0.15) is 0 Å². The topological polar surface area (TPSA) is 40.6 Å². The van der Waals surface area contributed by atoms with Gasteiger partial charge < -0.3 is 0 Å². The van der Waals surface area contributed by atoms with Crippen LogP contribution < -0.4 is 5.79 Å². The van der Waals surface area contributed by atoms with Crippen molar-refractivity contribution in [1.82, 2.24) is 9.80 Å². The summed E-state index contributed by atoms with van der Waals surface area (Å²) in [7, 11) is 0. The van der Waals surface area contributed by atoms with Gasteiger partial charge >= 0.3 is 290 Å². The zero-order valence-corrected chi connectivity index (χ0v) is 36.6. The predicted molar refractivity (Wildman–Crippen MR) is 196 cm³/mol. The van der Waals surface area contributed by atoms with Gasteiger partial charge in [-0.3, -0.25) is 0 Å². The average Bonchev–Trinajstić information content (AvgIpc) is 3.69. The van der Waals surface area contributed by atoms with Crippen LogP contribution in [0.25, 0.3) is 11.4 Å². The van der Waals surface area contributed by atoms with Gasteiger partial charge in [-0.15, -0.1) is 0 Å². The minimum atomic E-state index is -2.32. The van der Waals surface area contributed by atoms with E-state index in [4.69, 9.17) is 0 Å². The Morgan fingerprint density at radius 3 is 1.24 bits per heavy atom. The summed E-state index contributed by atoms with van der Waals surface area (Å²) < 4.78 is 2.95. The molecule has 0 bridgehead atoms. The first kappa shape index (κ1) is 35.2. The molecule has 0 N–H and O–H groups in total. The second kappa shape index (κ2) is 15.3. The third-order valence-electron chi connectivity index (χ3n) is 7.87. The first-order chi connectivity index (χ1) is 19.9. The van der Waals surface area contributed by atoms with Crippen molar-refractivity contribution >= 4 is 120 Å². The van der Waals surface area contributed by atoms with Crippen LogP contribution in [0.5, 0.6) is 0 Å². The number of carbonyl (C=O) groups excluding carboxylic acids is 2. The van der Waals surface area contributed by atoms with E-state index in [0.29, 0.717) is 24.2 Å². The average molecular weight is 952 g/mol. The SMILES string of the molecule is [CH3][Sn]([CH3])([CH3])[c]1ccc(C2=C3C(=O)N(CCCCCCBr)C(c4cc[c]([Sn]([CH3])([CH3])[CH3])s4)=C3C(=O)N2CCCCCCBr)s1. The van der Waals surface area contributed by atoms with Gasteiger partial charge in [-0.05, 0) is 0 Å². The van der Waals surface area contributed by atoms with Crippen LogP contribution in [0.2, 0.25) is 29.6 Å². The monoisotopic (exact) mass is 952 g/mol. The molecule has 0 aliphatic carbocycles. The fourth-order valence-corrected chi connectivity index (χ4v) is 19.0. The molecule has 2 amide bonds. The fraction of sp³-hybridized carbons (Fsp3) is 0.562. The Balaban J connectivity index is 1.82. The van der Waals surface area contributed by atoms with Crippen LogP contribution in [0, 0.1) is 0 Å². The van der Waals surface area contributed by atoms with Gasteiger partial charge in [-0.1, -0.05) is 0 Å². The summed E-state index contributed by atoms with van der Waals surface area (Å²) in [5, 5.41) is 2.03. The molecular formula is C32H46Br2N2O2S2Sn2. The molecule has 2 aliphatic rings. The van der Waals surface area contributed by atoms with Crippen LogP contribution >= 0.6 is 54.5 Å². The summed E-state index contributed by atoms with van der Waals surface area (Å²) in [5.74, 6) is 0.0446. The molecule has 4 rings (SSSR count). The first-order valence-corrected chi connectivity index (χ1v) is 39.2. The molecule has 0 unspecified atom stereocenters. The van der Waals surface area contributed by atoms with E-state index in [9.17, 15) is 9.59 Å². The van der Waals surface area contributed by atoms with Crippen LogP contribution in [0.4, 0.5) is 0 Å². The molecule has 4 heterocycles. The van der Waals surface area contributed by atoms with Gasteiger partial charge in [0.1, 0.15) is 0 Å². The van der Waals surface area contributed by atoms with Crippen molar-refractivity contribution in [2.24, 2.45) is 0 Å². The van der Waals surface area contributed by atoms with E-state index in [1.807, 2.05) is 32.5 Å². The van der Waals surface area contributed by atoms with Crippen LogP contribution in [0.15, 0.2) is 35.4 Å². The second-order valence-corrected chi connectivity index (χ2v) is 48.0. The Labute approximate surface area is 286 Å². The number of hydrogen-bond acceptors (Lipinski definition) is 4. The number of rotatable bonds is 16. The number of amides is 2. The number of thiophene rings is 2. The summed E-state index contributed by atoms with van der Waals surface area (Å²) in [4.78, 5) is 49.6. The van der Waals surface area contributed by atoms with Crippen molar-refractivity contribution in [2.45, 2.75) is 81.0 Å². The molecule has 230 valence electrons. The molecule has 0 atom stereocenters. The molecule has 0 saturated carbocycles. The van der Waals surface area contributed by atoms with Gasteiger partial charge in [0.2, 0.25) is 0 Å². The quantitative estimate of drug-likeness (QED) is 0.0962. The molecule has 4 nitrogen and oxygen atoms in total. The Kier molecular flexibility index (Phi) is 12.8. The van der Waals surface area contributed by atoms with Crippen molar-refractivity contribution in [2.75, 3.05) is 23.7 Å². The maximum atomic E-state index is 14.5. The van der Waals surface area contributed by atoms with E-state index in [1.54, 1.807) is 0 Å². The first-order valence-electron chi connectivity index (χ1n) is 15.4. The number of unbranched alkanes of at least 4 members (excludes halogenated alkanes) is 6. The summed E-state index contributed by atoms with van der Waals surface area (Å²) in [6.07, 6.45) is 8.64. The minimum absolute atomic E-state index is 0.0223. The molecule has 2 aliphatic heterocycles. The molecule has 0 aromatic carbocycles. The Bertz CT molecular complexity index is 1250. The van der Waals surface area contributed by atoms with Crippen molar-refractivity contribution in [1.29, 1.82) is 0 Å². The molecule has 0 spiro atoms. The number of alkyl halides is 2. The Hall–Kier alpha value is 0.377. The normalized spacial score (nSPS) is 16.1. The summed E-state index contributed by atoms with van der Waals surface area (Å²) >= 11 is 6.09. The van der Waals surface area contributed by atoms with Crippen molar-refractivity contribution in [3.05, 3.63) is 45.2 Å². The van der Waals surface area contributed by atoms with Crippen LogP contribution in [-0.4, -0.2) is 82.1 Å². The van der Waals surface area contributed by atoms with Crippen LogP contribution in [0.1, 0.15) is 61.1 Å². The zero-order chi connectivity index (χ0) is 30.7. The molecule has 10 heteroatoms. The number of halogens is 2. The molecule has 2 aromatic heterocycles. The van der Waals surface area contributed by atoms with Crippen LogP contribution in [-0.2, 0) is 9.59 Å². The third kappa shape index (κ3) is 8.02. The molecule has 0 saturated heterocycles. The van der Waals surface area contributed by atoms with Gasteiger partial charge in [0.25, 0.3) is 0 Å². The summed E-state index contributed by atoms with van der Waals surface area (Å²) in [6, 6.07) is 8.92. The van der Waals surface area contributed by atoms with Gasteiger partial charge in [0, 0.05) is 0 Å². The van der Waals surface area contributed by atoms with Crippen LogP contribution in [0.3, 0.4) is 0 Å². The third-order valence-corrected chi connectivity index (χ3v) is 30.2. The van der Waals surface area contributed by atoms with Gasteiger partial charge in [0.15, 0.2) is 0 Å². The predicted octanol–water partition coefficient (Wildman–Crippen LogP) is 8.62. The van der Waals surface area contributed by atoms with E-state index in [1.165, 1.54) is 5.79 Å².